The minimum atomic E-state index is -1.10. The van der Waals surface area contributed by atoms with Gasteiger partial charge in [-0.05, 0) is 172 Å². The van der Waals surface area contributed by atoms with E-state index in [1.165, 1.54) is 4.90 Å². The van der Waals surface area contributed by atoms with Crippen molar-refractivity contribution < 1.29 is 17.8 Å². The van der Waals surface area contributed by atoms with Gasteiger partial charge in [-0.1, -0.05) is 104 Å². The number of hydrogen-bond donors (Lipinski definition) is 0. The molecule has 7 aliphatic carbocycles. The molecule has 4 fully saturated rings. The van der Waals surface area contributed by atoms with E-state index in [1.54, 1.807) is 0 Å². The van der Waals surface area contributed by atoms with Gasteiger partial charge >= 0.3 is 0 Å². The second kappa shape index (κ2) is 10.4. The maximum atomic E-state index is 10.3. The van der Waals surface area contributed by atoms with Gasteiger partial charge in [0.2, 0.25) is 0 Å². The van der Waals surface area contributed by atoms with Crippen molar-refractivity contribution in [3.05, 3.63) is 112 Å². The maximum absolute atomic E-state index is 10.3. The lowest BCUT2D eigenvalue weighted by molar-refractivity contribution is -0.0399. The lowest BCUT2D eigenvalue weighted by Crippen LogP contribution is -2.55. The lowest BCUT2D eigenvalue weighted by Gasteiger charge is -2.61. The summed E-state index contributed by atoms with van der Waals surface area (Å²) in [6.07, 6.45) is 7.02. The monoisotopic (exact) mass is 687 g/mol. The Morgan fingerprint density at radius 1 is 0.490 bits per heavy atom. The predicted octanol–water partition coefficient (Wildman–Crippen LogP) is 13.6. The molecule has 1 spiro atoms. The largest absolute Gasteiger partial charge is 0.310 e. The van der Waals surface area contributed by atoms with Gasteiger partial charge in [0, 0.05) is 22.4 Å². The lowest BCUT2D eigenvalue weighted by atomic mass is 9.43. The van der Waals surface area contributed by atoms with Crippen LogP contribution in [-0.4, -0.2) is 0 Å². The zero-order valence-electron chi connectivity index (χ0n) is 44.6. The number of nitrogens with zero attached hydrogens (tertiary/aromatic N) is 1. The van der Waals surface area contributed by atoms with Gasteiger partial charge in [0.15, 0.2) is 0 Å². The van der Waals surface area contributed by atoms with Crippen LogP contribution in [0.4, 0.5) is 17.1 Å². The average Bonchev–Trinajstić information content (AvgIpc) is 3.52. The summed E-state index contributed by atoms with van der Waals surface area (Å²) in [6.45, 7) is 16.1. The molecule has 11 rings (SSSR count). The molecule has 0 aliphatic heterocycles. The summed E-state index contributed by atoms with van der Waals surface area (Å²) >= 11 is 0. The first-order chi connectivity index (χ1) is 29.6. The van der Waals surface area contributed by atoms with E-state index in [2.05, 4.69) is 0 Å². The number of fused-ring (bicyclic) bond motifs is 5. The van der Waals surface area contributed by atoms with E-state index in [4.69, 9.17) is 2.74 Å². The Hall–Kier alpha value is -3.32. The molecular weight excluding hydrogens is 615 g/mol. The zero-order valence-corrected chi connectivity index (χ0v) is 31.6. The van der Waals surface area contributed by atoms with E-state index in [9.17, 15) is 15.1 Å². The van der Waals surface area contributed by atoms with Gasteiger partial charge in [-0.2, -0.15) is 0 Å². The second-order valence-corrected chi connectivity index (χ2v) is 19.7. The van der Waals surface area contributed by atoms with E-state index < -0.39 is 51.2 Å². The van der Waals surface area contributed by atoms with Crippen LogP contribution in [0.3, 0.4) is 0 Å². The van der Waals surface area contributed by atoms with Crippen molar-refractivity contribution in [1.82, 2.24) is 0 Å². The van der Waals surface area contributed by atoms with Gasteiger partial charge in [-0.15, -0.1) is 0 Å². The first-order valence-electron chi connectivity index (χ1n) is 26.0. The Balaban J connectivity index is 1.45. The van der Waals surface area contributed by atoms with Gasteiger partial charge in [0.1, 0.15) is 0 Å². The predicted molar refractivity (Wildman–Crippen MR) is 215 cm³/mol. The van der Waals surface area contributed by atoms with E-state index in [0.29, 0.717) is 70.9 Å². The van der Waals surface area contributed by atoms with Crippen LogP contribution in [0.2, 0.25) is 0 Å². The van der Waals surface area contributed by atoms with Crippen molar-refractivity contribution in [1.29, 1.82) is 0 Å². The minimum absolute atomic E-state index is 0.111. The first-order valence-corrected chi connectivity index (χ1v) is 19.5. The SMILES string of the molecule is [2H]c1c([2H])c([2H])c2c(c1[2H])-c1c(N(c3c([2H])c([2H])c4c(c3[2H])C(C)(C)CCC4(C)C)c3c([2H])c([2H])c4c(c3[2H])C(C)(C)CCC4(C)C)c([2H])c([2H])c([2H])c1C21C2CC3CC(C2)CC1C3. The molecule has 0 saturated heterocycles. The normalized spacial score (nSPS) is 34.3. The fourth-order valence-corrected chi connectivity index (χ4v) is 11.9. The van der Waals surface area contributed by atoms with E-state index in [0.717, 1.165) is 32.1 Å². The highest BCUT2D eigenvalue weighted by Gasteiger charge is 2.62. The Kier molecular flexibility index (Phi) is 4.37. The van der Waals surface area contributed by atoms with E-state index >= 15 is 0 Å². The quantitative estimate of drug-likeness (QED) is 0.207. The molecule has 0 N–H and O–H groups in total. The molecule has 1 heteroatoms. The maximum Gasteiger partial charge on any atom is 0.0648 e. The number of benzene rings is 4. The Morgan fingerprint density at radius 3 is 1.49 bits per heavy atom. The molecule has 4 aromatic carbocycles. The minimum Gasteiger partial charge on any atom is -0.310 e. The Bertz CT molecular complexity index is 2670. The van der Waals surface area contributed by atoms with Crippen molar-refractivity contribution in [3.8, 4) is 11.1 Å². The van der Waals surface area contributed by atoms with Crippen molar-refractivity contribution in [2.75, 3.05) is 4.90 Å². The fourth-order valence-electron chi connectivity index (χ4n) is 11.9. The van der Waals surface area contributed by atoms with E-state index in [1.807, 2.05) is 55.4 Å². The molecule has 51 heavy (non-hydrogen) atoms. The summed E-state index contributed by atoms with van der Waals surface area (Å²) in [7, 11) is 0. The highest BCUT2D eigenvalue weighted by Crippen LogP contribution is 2.70. The van der Waals surface area contributed by atoms with Gasteiger partial charge in [0.05, 0.1) is 23.5 Å². The summed E-state index contributed by atoms with van der Waals surface area (Å²) in [5, 5.41) is 0. The zero-order chi connectivity index (χ0) is 46.6. The standard InChI is InChI=1S/C50H59N/c1-46(2)20-22-48(5,6)42-29-35(16-18-39(42)46)51(36-17-19-40-43(30-36)49(7,8)23-21-47(40,3)4)44-15-11-14-41-45(44)37-12-9-10-13-38(37)50(41)33-25-31-24-32(27-33)28-34(50)26-31/h9-19,29-34H,20-28H2,1-8H3/i9D,10D,11D,12D,13D,14D,15D,16D,17D,18D,19D,29D,30D. The van der Waals surface area contributed by atoms with Crippen LogP contribution in [0.25, 0.3) is 11.1 Å². The van der Waals surface area contributed by atoms with Crippen LogP contribution >= 0.6 is 0 Å². The van der Waals surface area contributed by atoms with Crippen LogP contribution in [0.5, 0.6) is 0 Å². The van der Waals surface area contributed by atoms with Gasteiger partial charge in [-0.3, -0.25) is 0 Å². The summed E-state index contributed by atoms with van der Waals surface area (Å²) < 4.78 is 128. The summed E-state index contributed by atoms with van der Waals surface area (Å²) in [6, 6.07) is -3.87. The summed E-state index contributed by atoms with van der Waals surface area (Å²) in [4.78, 5) is 1.36. The topological polar surface area (TPSA) is 3.24 Å². The molecule has 0 amide bonds. The third kappa shape index (κ3) is 4.39. The molecule has 4 aromatic rings. The highest BCUT2D eigenvalue weighted by molar-refractivity contribution is 5.95. The van der Waals surface area contributed by atoms with Crippen LogP contribution in [0.1, 0.15) is 164 Å². The smallest absolute Gasteiger partial charge is 0.0648 e. The molecule has 0 heterocycles. The summed E-state index contributed by atoms with van der Waals surface area (Å²) in [5.41, 5.74) is -0.835. The van der Waals surface area contributed by atoms with Gasteiger partial charge in [-0.25, -0.2) is 0 Å². The molecule has 264 valence electrons. The summed E-state index contributed by atoms with van der Waals surface area (Å²) in [5.74, 6) is 0.635. The third-order valence-corrected chi connectivity index (χ3v) is 14.8. The van der Waals surface area contributed by atoms with Crippen molar-refractivity contribution in [3.63, 3.8) is 0 Å². The molecule has 0 atom stereocenters. The molecule has 0 radical (unpaired) electrons. The molecule has 4 saturated carbocycles. The highest BCUT2D eigenvalue weighted by atomic mass is 15.1. The molecule has 0 aromatic heterocycles. The van der Waals surface area contributed by atoms with Crippen LogP contribution < -0.4 is 4.90 Å². The van der Waals surface area contributed by atoms with Crippen molar-refractivity contribution >= 4 is 17.1 Å². The molecule has 1 nitrogen and oxygen atoms in total. The van der Waals surface area contributed by atoms with Gasteiger partial charge in [0.25, 0.3) is 0 Å². The van der Waals surface area contributed by atoms with Gasteiger partial charge < -0.3 is 4.90 Å². The molecule has 7 aliphatic rings. The fraction of sp³-hybridized carbons (Fsp3) is 0.520. The molecular formula is C50H59N. The van der Waals surface area contributed by atoms with Crippen molar-refractivity contribution in [2.45, 2.75) is 140 Å². The third-order valence-electron chi connectivity index (χ3n) is 14.8. The van der Waals surface area contributed by atoms with Crippen LogP contribution in [0, 0.1) is 23.7 Å². The number of rotatable bonds is 3. The Morgan fingerprint density at radius 2 is 0.961 bits per heavy atom. The number of hydrogen-bond acceptors (Lipinski definition) is 1. The average molecular weight is 687 g/mol. The number of anilines is 3. The first kappa shape index (κ1) is 21.4. The van der Waals surface area contributed by atoms with Crippen LogP contribution in [-0.2, 0) is 27.1 Å². The Labute approximate surface area is 326 Å². The van der Waals surface area contributed by atoms with E-state index in [-0.39, 0.29) is 94.4 Å². The molecule has 0 unspecified atom stereocenters. The second-order valence-electron chi connectivity index (χ2n) is 19.7. The van der Waals surface area contributed by atoms with Crippen LogP contribution in [0.15, 0.2) is 78.6 Å². The molecule has 4 bridgehead atoms. The van der Waals surface area contributed by atoms with Crippen molar-refractivity contribution in [2.24, 2.45) is 23.7 Å².